The Kier molecular flexibility index (Phi) is 4.97. The molecule has 146 valence electrons. The van der Waals surface area contributed by atoms with Crippen LogP contribution >= 0.6 is 0 Å². The number of hydrogen-bond donors (Lipinski definition) is 4. The second-order valence-corrected chi connectivity index (χ2v) is 6.74. The number of carboxylic acids is 1. The fourth-order valence-corrected chi connectivity index (χ4v) is 3.25. The molecule has 1 atom stereocenters. The lowest BCUT2D eigenvalue weighted by Gasteiger charge is -2.12. The number of hydrazine groups is 1. The zero-order valence-electron chi connectivity index (χ0n) is 15.3. The number of carbonyl (C=O) groups excluding carboxylic acids is 1. The first kappa shape index (κ1) is 18.6. The fourth-order valence-electron chi connectivity index (χ4n) is 3.25. The van der Waals surface area contributed by atoms with Crippen molar-refractivity contribution in [2.45, 2.75) is 12.6 Å². The highest BCUT2D eigenvalue weighted by molar-refractivity contribution is 5.95. The maximum atomic E-state index is 13.2. The first-order valence-electron chi connectivity index (χ1n) is 9.02. The molecule has 0 fully saturated rings. The molecule has 1 heterocycles. The molecular weight excluding hydrogens is 373 g/mol. The monoisotopic (exact) mass is 391 g/mol. The summed E-state index contributed by atoms with van der Waals surface area (Å²) in [5, 5.41) is 11.8. The van der Waals surface area contributed by atoms with Gasteiger partial charge in [-0.15, -0.1) is 0 Å². The number of carbonyl (C=O) groups is 2. The van der Waals surface area contributed by atoms with Crippen molar-refractivity contribution in [3.63, 3.8) is 0 Å². The third-order valence-corrected chi connectivity index (χ3v) is 4.83. The molecule has 6 nitrogen and oxygen atoms in total. The summed E-state index contributed by atoms with van der Waals surface area (Å²) in [6.07, 6.45) is 0. The van der Waals surface area contributed by atoms with Gasteiger partial charge in [-0.05, 0) is 53.6 Å². The minimum Gasteiger partial charge on any atom is -0.478 e. The fraction of sp³-hybridized carbons (Fsp3) is 0.0909. The molecule has 0 spiro atoms. The molecule has 3 aromatic rings. The standard InChI is InChI=1S/C22H18FN3O3/c23-17-8-5-14(6-9-17)20-18-11-16(7-10-19(18)25-26-20)21(27)24-12-13-1-3-15(4-2-13)22(28)29/h1-11,20,25-26H,12H2,(H,24,27)(H,28,29). The highest BCUT2D eigenvalue weighted by atomic mass is 19.1. The molecule has 29 heavy (non-hydrogen) atoms. The number of aromatic carboxylic acids is 1. The van der Waals surface area contributed by atoms with Crippen LogP contribution in [0.1, 0.15) is 43.4 Å². The van der Waals surface area contributed by atoms with Gasteiger partial charge in [0, 0.05) is 17.7 Å². The van der Waals surface area contributed by atoms with E-state index in [0.717, 1.165) is 22.4 Å². The molecule has 0 bridgehead atoms. The first-order valence-corrected chi connectivity index (χ1v) is 9.02. The molecule has 1 aliphatic rings. The number of halogens is 1. The highest BCUT2D eigenvalue weighted by Crippen LogP contribution is 2.33. The Morgan fingerprint density at radius 1 is 0.966 bits per heavy atom. The van der Waals surface area contributed by atoms with Gasteiger partial charge in [0.1, 0.15) is 5.82 Å². The molecule has 0 radical (unpaired) electrons. The van der Waals surface area contributed by atoms with Crippen molar-refractivity contribution in [3.8, 4) is 0 Å². The average Bonchev–Trinajstić information content (AvgIpc) is 3.16. The van der Waals surface area contributed by atoms with Crippen LogP contribution in [0.3, 0.4) is 0 Å². The minimum atomic E-state index is -0.989. The first-order chi connectivity index (χ1) is 14.0. The largest absolute Gasteiger partial charge is 0.478 e. The summed E-state index contributed by atoms with van der Waals surface area (Å²) in [7, 11) is 0. The molecule has 0 aromatic heterocycles. The van der Waals surface area contributed by atoms with E-state index in [9.17, 15) is 14.0 Å². The number of anilines is 1. The maximum Gasteiger partial charge on any atom is 0.335 e. The molecule has 0 saturated heterocycles. The van der Waals surface area contributed by atoms with Crippen LogP contribution in [0.15, 0.2) is 66.7 Å². The number of carboxylic acid groups (broad SMARTS) is 1. The van der Waals surface area contributed by atoms with Crippen molar-refractivity contribution in [2.24, 2.45) is 0 Å². The van der Waals surface area contributed by atoms with E-state index in [2.05, 4.69) is 16.2 Å². The molecule has 1 unspecified atom stereocenters. The van der Waals surface area contributed by atoms with Crippen LogP contribution in [-0.2, 0) is 6.54 Å². The SMILES string of the molecule is O=C(O)c1ccc(CNC(=O)c2ccc3c(c2)C(c2ccc(F)cc2)NN3)cc1. The van der Waals surface area contributed by atoms with Crippen molar-refractivity contribution >= 4 is 17.6 Å². The normalized spacial score (nSPS) is 14.7. The molecule has 1 aliphatic heterocycles. The van der Waals surface area contributed by atoms with Crippen LogP contribution in [-0.4, -0.2) is 17.0 Å². The highest BCUT2D eigenvalue weighted by Gasteiger charge is 2.24. The lowest BCUT2D eigenvalue weighted by atomic mass is 9.97. The van der Waals surface area contributed by atoms with Gasteiger partial charge < -0.3 is 15.8 Å². The second kappa shape index (κ2) is 7.73. The third kappa shape index (κ3) is 3.95. The summed E-state index contributed by atoms with van der Waals surface area (Å²) in [5.41, 5.74) is 10.4. The quantitative estimate of drug-likeness (QED) is 0.535. The number of nitrogens with one attached hydrogen (secondary N) is 3. The Morgan fingerprint density at radius 3 is 2.34 bits per heavy atom. The molecule has 3 aromatic carbocycles. The Bertz CT molecular complexity index is 1070. The Morgan fingerprint density at radius 2 is 1.66 bits per heavy atom. The van der Waals surface area contributed by atoms with Gasteiger partial charge in [-0.25, -0.2) is 14.6 Å². The molecule has 1 amide bonds. The summed E-state index contributed by atoms with van der Waals surface area (Å²) in [6, 6.07) is 17.7. The van der Waals surface area contributed by atoms with Gasteiger partial charge in [-0.3, -0.25) is 4.79 Å². The van der Waals surface area contributed by atoms with E-state index in [4.69, 9.17) is 5.11 Å². The van der Waals surface area contributed by atoms with E-state index in [0.29, 0.717) is 5.56 Å². The smallest absolute Gasteiger partial charge is 0.335 e. The van der Waals surface area contributed by atoms with Gasteiger partial charge in [0.25, 0.3) is 5.91 Å². The van der Waals surface area contributed by atoms with Gasteiger partial charge in [-0.2, -0.15) is 0 Å². The van der Waals surface area contributed by atoms with Gasteiger partial charge >= 0.3 is 5.97 Å². The lowest BCUT2D eigenvalue weighted by Crippen LogP contribution is -2.23. The van der Waals surface area contributed by atoms with E-state index in [1.807, 2.05) is 6.07 Å². The van der Waals surface area contributed by atoms with E-state index < -0.39 is 5.97 Å². The van der Waals surface area contributed by atoms with Crippen molar-refractivity contribution in [3.05, 3.63) is 100 Å². The van der Waals surface area contributed by atoms with E-state index >= 15 is 0 Å². The summed E-state index contributed by atoms with van der Waals surface area (Å²) in [5.74, 6) is -1.53. The van der Waals surface area contributed by atoms with Gasteiger partial charge in [0.05, 0.1) is 17.3 Å². The molecule has 7 heteroatoms. The Hall–Kier alpha value is -3.71. The zero-order valence-corrected chi connectivity index (χ0v) is 15.3. The third-order valence-electron chi connectivity index (χ3n) is 4.83. The predicted molar refractivity (Wildman–Crippen MR) is 106 cm³/mol. The summed E-state index contributed by atoms with van der Waals surface area (Å²) < 4.78 is 13.2. The van der Waals surface area contributed by atoms with Gasteiger partial charge in [0.15, 0.2) is 0 Å². The van der Waals surface area contributed by atoms with Gasteiger partial charge in [0.2, 0.25) is 0 Å². The number of fused-ring (bicyclic) bond motifs is 1. The minimum absolute atomic E-state index is 0.193. The number of hydrogen-bond acceptors (Lipinski definition) is 4. The topological polar surface area (TPSA) is 90.5 Å². The predicted octanol–water partition coefficient (Wildman–Crippen LogP) is 3.47. The number of amides is 1. The zero-order chi connectivity index (χ0) is 20.4. The van der Waals surface area contributed by atoms with E-state index in [1.165, 1.54) is 24.3 Å². The summed E-state index contributed by atoms with van der Waals surface area (Å²) >= 11 is 0. The maximum absolute atomic E-state index is 13.2. The van der Waals surface area contributed by atoms with Crippen LogP contribution in [0.2, 0.25) is 0 Å². The molecule has 0 saturated carbocycles. The van der Waals surface area contributed by atoms with Crippen LogP contribution in [0.4, 0.5) is 10.1 Å². The number of benzene rings is 3. The van der Waals surface area contributed by atoms with Crippen LogP contribution in [0.25, 0.3) is 0 Å². The molecule has 4 N–H and O–H groups in total. The Balaban J connectivity index is 1.48. The molecular formula is C22H18FN3O3. The summed E-state index contributed by atoms with van der Waals surface area (Å²) in [4.78, 5) is 23.5. The molecule has 4 rings (SSSR count). The summed E-state index contributed by atoms with van der Waals surface area (Å²) in [6.45, 7) is 0.285. The Labute approximate surface area is 166 Å². The van der Waals surface area contributed by atoms with Crippen molar-refractivity contribution in [1.29, 1.82) is 0 Å². The van der Waals surface area contributed by atoms with Crippen LogP contribution in [0, 0.1) is 5.82 Å². The van der Waals surface area contributed by atoms with Crippen molar-refractivity contribution in [1.82, 2.24) is 10.7 Å². The van der Waals surface area contributed by atoms with Crippen molar-refractivity contribution in [2.75, 3.05) is 5.43 Å². The molecule has 0 aliphatic carbocycles. The van der Waals surface area contributed by atoms with Crippen LogP contribution < -0.4 is 16.2 Å². The van der Waals surface area contributed by atoms with Crippen molar-refractivity contribution < 1.29 is 19.1 Å². The van der Waals surface area contributed by atoms with E-state index in [-0.39, 0.29) is 29.9 Å². The van der Waals surface area contributed by atoms with Crippen LogP contribution in [0.5, 0.6) is 0 Å². The second-order valence-electron chi connectivity index (χ2n) is 6.74. The van der Waals surface area contributed by atoms with Gasteiger partial charge in [-0.1, -0.05) is 24.3 Å². The van der Waals surface area contributed by atoms with E-state index in [1.54, 1.807) is 36.4 Å². The number of rotatable bonds is 5. The average molecular weight is 391 g/mol. The lowest BCUT2D eigenvalue weighted by molar-refractivity contribution is 0.0696.